The number of hydrogen-bond donors (Lipinski definition) is 1. The van der Waals surface area contributed by atoms with Crippen LogP contribution < -0.4 is 0 Å². The van der Waals surface area contributed by atoms with Crippen molar-refractivity contribution in [1.82, 2.24) is 14.9 Å². The smallest absolute Gasteiger partial charge is 0.137 e. The fourth-order valence-electron chi connectivity index (χ4n) is 5.47. The molecule has 2 aliphatic heterocycles. The average Bonchev–Trinajstić information content (AvgIpc) is 3.30. The third kappa shape index (κ3) is 2.89. The Bertz CT molecular complexity index is 732. The molecule has 0 spiro atoms. The molecule has 2 aromatic heterocycles. The lowest BCUT2D eigenvalue weighted by atomic mass is 9.78. The molecule has 0 bridgehead atoms. The largest absolute Gasteiger partial charge is 0.372 e. The van der Waals surface area contributed by atoms with Crippen LogP contribution in [0.3, 0.4) is 0 Å². The van der Waals surface area contributed by atoms with Gasteiger partial charge in [-0.05, 0) is 68.7 Å². The molecule has 25 heavy (non-hydrogen) atoms. The van der Waals surface area contributed by atoms with Gasteiger partial charge in [0.05, 0.1) is 11.8 Å². The van der Waals surface area contributed by atoms with Gasteiger partial charge in [0.1, 0.15) is 5.65 Å². The summed E-state index contributed by atoms with van der Waals surface area (Å²) in [7, 11) is 0. The first-order valence-electron chi connectivity index (χ1n) is 10.2. The summed E-state index contributed by atoms with van der Waals surface area (Å²) >= 11 is 0. The highest BCUT2D eigenvalue weighted by Crippen LogP contribution is 2.39. The SMILES string of the molecule is c1cnc2[nH]c([C@@H]3CCCO3)c(CN3CCC[C@H]4CCCC[C@H]43)c2c1. The molecule has 3 aliphatic rings. The fourth-order valence-corrected chi connectivity index (χ4v) is 5.47. The van der Waals surface area contributed by atoms with Crippen molar-refractivity contribution in [2.75, 3.05) is 13.2 Å². The lowest BCUT2D eigenvalue weighted by Crippen LogP contribution is -2.46. The Balaban J connectivity index is 1.49. The Morgan fingerprint density at radius 2 is 2.04 bits per heavy atom. The van der Waals surface area contributed by atoms with Crippen LogP contribution in [0.4, 0.5) is 0 Å². The number of nitrogens with one attached hydrogen (secondary N) is 1. The second-order valence-electron chi connectivity index (χ2n) is 8.14. The maximum Gasteiger partial charge on any atom is 0.137 e. The predicted octanol–water partition coefficient (Wildman–Crippen LogP) is 4.57. The van der Waals surface area contributed by atoms with E-state index < -0.39 is 0 Å². The van der Waals surface area contributed by atoms with Crippen LogP contribution >= 0.6 is 0 Å². The molecule has 1 N–H and O–H groups in total. The van der Waals surface area contributed by atoms with Gasteiger partial charge in [-0.25, -0.2) is 4.98 Å². The van der Waals surface area contributed by atoms with Crippen LogP contribution in [0.25, 0.3) is 11.0 Å². The van der Waals surface area contributed by atoms with Crippen LogP contribution in [-0.4, -0.2) is 34.1 Å². The summed E-state index contributed by atoms with van der Waals surface area (Å²) < 4.78 is 6.03. The number of likely N-dealkylation sites (tertiary alicyclic amines) is 1. The third-order valence-electron chi connectivity index (χ3n) is 6.68. The summed E-state index contributed by atoms with van der Waals surface area (Å²) in [5.74, 6) is 0.928. The van der Waals surface area contributed by atoms with Crippen LogP contribution in [0.1, 0.15) is 68.7 Å². The van der Waals surface area contributed by atoms with E-state index >= 15 is 0 Å². The van der Waals surface area contributed by atoms with Gasteiger partial charge in [-0.3, -0.25) is 4.90 Å². The number of hydrogen-bond acceptors (Lipinski definition) is 3. The number of ether oxygens (including phenoxy) is 1. The molecule has 0 unspecified atom stereocenters. The van der Waals surface area contributed by atoms with Gasteiger partial charge in [-0.2, -0.15) is 0 Å². The normalized spacial score (nSPS) is 30.6. The molecule has 0 aromatic carbocycles. The monoisotopic (exact) mass is 339 g/mol. The van der Waals surface area contributed by atoms with Crippen molar-refractivity contribution in [3.63, 3.8) is 0 Å². The molecular formula is C21H29N3O. The molecule has 4 nitrogen and oxygen atoms in total. The minimum absolute atomic E-state index is 0.233. The van der Waals surface area contributed by atoms with Crippen molar-refractivity contribution < 1.29 is 4.74 Å². The van der Waals surface area contributed by atoms with E-state index in [1.54, 1.807) is 0 Å². The van der Waals surface area contributed by atoms with Crippen molar-refractivity contribution >= 4 is 11.0 Å². The van der Waals surface area contributed by atoms with Crippen molar-refractivity contribution in [1.29, 1.82) is 0 Å². The van der Waals surface area contributed by atoms with Gasteiger partial charge >= 0.3 is 0 Å². The summed E-state index contributed by atoms with van der Waals surface area (Å²) in [6.45, 7) is 3.20. The van der Waals surface area contributed by atoms with Gasteiger partial charge in [0.15, 0.2) is 0 Å². The number of rotatable bonds is 3. The second kappa shape index (κ2) is 6.73. The van der Waals surface area contributed by atoms with E-state index in [-0.39, 0.29) is 6.10 Å². The van der Waals surface area contributed by atoms with Gasteiger partial charge in [0, 0.05) is 30.8 Å². The first-order chi connectivity index (χ1) is 12.4. The number of aromatic amines is 1. The first kappa shape index (κ1) is 15.8. The summed E-state index contributed by atoms with van der Waals surface area (Å²) in [5, 5.41) is 1.30. The minimum atomic E-state index is 0.233. The quantitative estimate of drug-likeness (QED) is 0.890. The summed E-state index contributed by atoms with van der Waals surface area (Å²) in [6, 6.07) is 5.09. The van der Waals surface area contributed by atoms with E-state index in [0.29, 0.717) is 0 Å². The highest BCUT2D eigenvalue weighted by Gasteiger charge is 2.34. The molecular weight excluding hydrogens is 310 g/mol. The Hall–Kier alpha value is -1.39. The van der Waals surface area contributed by atoms with Gasteiger partial charge in [0.2, 0.25) is 0 Å². The van der Waals surface area contributed by atoms with Gasteiger partial charge in [0.25, 0.3) is 0 Å². The van der Waals surface area contributed by atoms with Gasteiger partial charge in [-0.15, -0.1) is 0 Å². The Morgan fingerprint density at radius 3 is 2.96 bits per heavy atom. The van der Waals surface area contributed by atoms with E-state index in [2.05, 4.69) is 27.0 Å². The molecule has 0 amide bonds. The van der Waals surface area contributed by atoms with E-state index in [0.717, 1.165) is 37.2 Å². The number of H-pyrrole nitrogens is 1. The highest BCUT2D eigenvalue weighted by molar-refractivity contribution is 5.81. The molecule has 4 heteroatoms. The van der Waals surface area contributed by atoms with Crippen molar-refractivity contribution in [2.24, 2.45) is 5.92 Å². The Kier molecular flexibility index (Phi) is 4.26. The number of pyridine rings is 1. The van der Waals surface area contributed by atoms with Gasteiger partial charge in [-0.1, -0.05) is 12.8 Å². The molecule has 2 saturated heterocycles. The molecule has 3 atom stereocenters. The number of nitrogens with zero attached hydrogens (tertiary/aromatic N) is 2. The lowest BCUT2D eigenvalue weighted by Gasteiger charge is -2.44. The molecule has 2 aromatic rings. The third-order valence-corrected chi connectivity index (χ3v) is 6.68. The number of aromatic nitrogens is 2. The number of fused-ring (bicyclic) bond motifs is 2. The van der Waals surface area contributed by atoms with Crippen LogP contribution in [0.5, 0.6) is 0 Å². The molecule has 134 valence electrons. The second-order valence-corrected chi connectivity index (χ2v) is 8.14. The topological polar surface area (TPSA) is 41.1 Å². The van der Waals surface area contributed by atoms with Gasteiger partial charge < -0.3 is 9.72 Å². The van der Waals surface area contributed by atoms with Crippen molar-refractivity contribution in [3.8, 4) is 0 Å². The molecule has 4 heterocycles. The van der Waals surface area contributed by atoms with E-state index in [1.807, 2.05) is 6.20 Å². The maximum atomic E-state index is 6.03. The standard InChI is InChI=1S/C21H29N3O/c1-2-9-18-15(6-1)7-4-12-24(18)14-17-16-8-3-11-22-21(16)23-20(17)19-10-5-13-25-19/h3,8,11,15,18-19H,1-2,4-7,9-10,12-14H2,(H,22,23)/t15-,18-,19+/m1/s1. The minimum Gasteiger partial charge on any atom is -0.372 e. The predicted molar refractivity (Wildman–Crippen MR) is 99.4 cm³/mol. The lowest BCUT2D eigenvalue weighted by molar-refractivity contribution is 0.0533. The molecule has 1 saturated carbocycles. The zero-order valence-electron chi connectivity index (χ0n) is 15.0. The zero-order chi connectivity index (χ0) is 16.6. The van der Waals surface area contributed by atoms with Crippen LogP contribution in [0.15, 0.2) is 18.3 Å². The summed E-state index contributed by atoms with van der Waals surface area (Å²) in [6.07, 6.45) is 12.9. The molecule has 1 aliphatic carbocycles. The van der Waals surface area contributed by atoms with E-state index in [9.17, 15) is 0 Å². The summed E-state index contributed by atoms with van der Waals surface area (Å²) in [5.41, 5.74) is 3.77. The highest BCUT2D eigenvalue weighted by atomic mass is 16.5. The van der Waals surface area contributed by atoms with Crippen LogP contribution in [-0.2, 0) is 11.3 Å². The molecule has 0 radical (unpaired) electrons. The van der Waals surface area contributed by atoms with Crippen LogP contribution in [0, 0.1) is 5.92 Å². The number of piperidine rings is 1. The summed E-state index contributed by atoms with van der Waals surface area (Å²) in [4.78, 5) is 11.0. The van der Waals surface area contributed by atoms with Crippen LogP contribution in [0.2, 0.25) is 0 Å². The molecule has 5 rings (SSSR count). The fraction of sp³-hybridized carbons (Fsp3) is 0.667. The Morgan fingerprint density at radius 1 is 1.12 bits per heavy atom. The Labute approximate surface area is 150 Å². The van der Waals surface area contributed by atoms with Crippen molar-refractivity contribution in [3.05, 3.63) is 29.6 Å². The first-order valence-corrected chi connectivity index (χ1v) is 10.2. The van der Waals surface area contributed by atoms with Crippen molar-refractivity contribution in [2.45, 2.75) is 70.1 Å². The average molecular weight is 339 g/mol. The zero-order valence-corrected chi connectivity index (χ0v) is 15.0. The van der Waals surface area contributed by atoms with E-state index in [1.165, 1.54) is 68.1 Å². The maximum absolute atomic E-state index is 6.03. The molecule has 3 fully saturated rings. The van der Waals surface area contributed by atoms with E-state index in [4.69, 9.17) is 4.74 Å².